The van der Waals surface area contributed by atoms with E-state index in [9.17, 15) is 13.2 Å². The third kappa shape index (κ3) is 4.92. The number of hydrogen-bond acceptors (Lipinski definition) is 3. The third-order valence-electron chi connectivity index (χ3n) is 3.47. The molecule has 0 fully saturated rings. The summed E-state index contributed by atoms with van der Waals surface area (Å²) in [6.07, 6.45) is 1.35. The fraction of sp³-hybridized carbons (Fsp3) is 0.312. The molecule has 1 heterocycles. The van der Waals surface area contributed by atoms with Crippen LogP contribution in [0.5, 0.6) is 0 Å². The van der Waals surface area contributed by atoms with Gasteiger partial charge in [0.1, 0.15) is 0 Å². The summed E-state index contributed by atoms with van der Waals surface area (Å²) in [5, 5.41) is 0.381. The SMILES string of the molecule is Cc1cccc(=O)n1CCCCNS(=O)(=O)c1cccc(Cl)c1. The van der Waals surface area contributed by atoms with Crippen LogP contribution < -0.4 is 10.3 Å². The Hall–Kier alpha value is -1.63. The molecule has 2 rings (SSSR count). The number of nitrogens with one attached hydrogen (secondary N) is 1. The van der Waals surface area contributed by atoms with Gasteiger partial charge >= 0.3 is 0 Å². The molecule has 0 aliphatic carbocycles. The van der Waals surface area contributed by atoms with E-state index in [2.05, 4.69) is 4.72 Å². The third-order valence-corrected chi connectivity index (χ3v) is 5.17. The van der Waals surface area contributed by atoms with Gasteiger partial charge in [-0.05, 0) is 44.0 Å². The Kier molecular flexibility index (Phi) is 5.98. The van der Waals surface area contributed by atoms with Crippen LogP contribution in [-0.2, 0) is 16.6 Å². The molecule has 0 spiro atoms. The molecule has 0 amide bonds. The van der Waals surface area contributed by atoms with E-state index in [-0.39, 0.29) is 10.5 Å². The minimum atomic E-state index is -3.55. The Morgan fingerprint density at radius 2 is 1.87 bits per heavy atom. The van der Waals surface area contributed by atoms with Gasteiger partial charge < -0.3 is 4.57 Å². The Morgan fingerprint density at radius 1 is 1.13 bits per heavy atom. The van der Waals surface area contributed by atoms with Crippen molar-refractivity contribution in [2.45, 2.75) is 31.2 Å². The summed E-state index contributed by atoms with van der Waals surface area (Å²) in [7, 11) is -3.55. The fourth-order valence-corrected chi connectivity index (χ4v) is 3.60. The van der Waals surface area contributed by atoms with Crippen LogP contribution in [0.4, 0.5) is 0 Å². The normalized spacial score (nSPS) is 11.6. The zero-order valence-electron chi connectivity index (χ0n) is 12.8. The predicted octanol–water partition coefficient (Wildman–Crippen LogP) is 2.57. The number of aryl methyl sites for hydroxylation is 1. The topological polar surface area (TPSA) is 68.2 Å². The van der Waals surface area contributed by atoms with Crippen LogP contribution in [0.2, 0.25) is 5.02 Å². The quantitative estimate of drug-likeness (QED) is 0.777. The van der Waals surface area contributed by atoms with Crippen molar-refractivity contribution in [1.29, 1.82) is 0 Å². The second-order valence-corrected chi connectivity index (χ2v) is 7.42. The van der Waals surface area contributed by atoms with Gasteiger partial charge in [-0.25, -0.2) is 13.1 Å². The summed E-state index contributed by atoms with van der Waals surface area (Å²) in [5.74, 6) is 0. The van der Waals surface area contributed by atoms with Gasteiger partial charge in [-0.15, -0.1) is 0 Å². The van der Waals surface area contributed by atoms with Crippen molar-refractivity contribution in [2.75, 3.05) is 6.54 Å². The average molecular weight is 355 g/mol. The van der Waals surface area contributed by atoms with Gasteiger partial charge in [0, 0.05) is 29.9 Å². The molecular weight excluding hydrogens is 336 g/mol. The Morgan fingerprint density at radius 3 is 2.57 bits per heavy atom. The number of unbranched alkanes of at least 4 members (excludes halogenated alkanes) is 1. The van der Waals surface area contributed by atoms with Crippen molar-refractivity contribution in [3.8, 4) is 0 Å². The highest BCUT2D eigenvalue weighted by atomic mass is 35.5. The smallest absolute Gasteiger partial charge is 0.250 e. The van der Waals surface area contributed by atoms with E-state index in [1.54, 1.807) is 22.8 Å². The molecule has 0 aliphatic heterocycles. The van der Waals surface area contributed by atoms with Gasteiger partial charge in [-0.3, -0.25) is 4.79 Å². The lowest BCUT2D eigenvalue weighted by atomic mass is 10.3. The lowest BCUT2D eigenvalue weighted by molar-refractivity contribution is 0.557. The molecule has 23 heavy (non-hydrogen) atoms. The summed E-state index contributed by atoms with van der Waals surface area (Å²) in [4.78, 5) is 11.9. The molecule has 0 saturated carbocycles. The number of aromatic nitrogens is 1. The monoisotopic (exact) mass is 354 g/mol. The fourth-order valence-electron chi connectivity index (χ4n) is 2.23. The largest absolute Gasteiger partial charge is 0.313 e. The van der Waals surface area contributed by atoms with E-state index in [4.69, 9.17) is 11.6 Å². The number of rotatable bonds is 7. The van der Waals surface area contributed by atoms with Gasteiger partial charge in [-0.2, -0.15) is 0 Å². The molecule has 1 aromatic heterocycles. The van der Waals surface area contributed by atoms with Gasteiger partial charge in [-0.1, -0.05) is 23.7 Å². The molecule has 2 aromatic rings. The second-order valence-electron chi connectivity index (χ2n) is 5.22. The molecule has 0 unspecified atom stereocenters. The number of pyridine rings is 1. The van der Waals surface area contributed by atoms with Crippen molar-refractivity contribution >= 4 is 21.6 Å². The molecule has 0 atom stereocenters. The Balaban J connectivity index is 1.85. The first-order valence-corrected chi connectivity index (χ1v) is 9.18. The lowest BCUT2D eigenvalue weighted by Crippen LogP contribution is -2.26. The zero-order valence-corrected chi connectivity index (χ0v) is 14.4. The van der Waals surface area contributed by atoms with Crippen molar-refractivity contribution in [1.82, 2.24) is 9.29 Å². The molecule has 0 radical (unpaired) electrons. The van der Waals surface area contributed by atoms with Crippen molar-refractivity contribution in [2.24, 2.45) is 0 Å². The number of sulfonamides is 1. The standard InChI is InChI=1S/C16H19ClN2O3S/c1-13-6-4-9-16(20)19(13)11-3-2-10-18-23(21,22)15-8-5-7-14(17)12-15/h4-9,12,18H,2-3,10-11H2,1H3. The molecule has 1 aromatic carbocycles. The van der Waals surface area contributed by atoms with Gasteiger partial charge in [0.25, 0.3) is 5.56 Å². The Labute approximate surface area is 141 Å². The van der Waals surface area contributed by atoms with Crippen LogP contribution >= 0.6 is 11.6 Å². The highest BCUT2D eigenvalue weighted by molar-refractivity contribution is 7.89. The number of benzene rings is 1. The summed E-state index contributed by atoms with van der Waals surface area (Å²) < 4.78 is 28.4. The molecule has 0 aliphatic rings. The second kappa shape index (κ2) is 7.77. The van der Waals surface area contributed by atoms with Gasteiger partial charge in [0.15, 0.2) is 0 Å². The van der Waals surface area contributed by atoms with Crippen molar-refractivity contribution < 1.29 is 8.42 Å². The maximum atomic E-state index is 12.1. The molecule has 5 nitrogen and oxygen atoms in total. The highest BCUT2D eigenvalue weighted by Gasteiger charge is 2.13. The van der Waals surface area contributed by atoms with E-state index in [0.29, 0.717) is 31.0 Å². The predicted molar refractivity (Wildman–Crippen MR) is 91.3 cm³/mol. The highest BCUT2D eigenvalue weighted by Crippen LogP contribution is 2.15. The van der Waals surface area contributed by atoms with Gasteiger partial charge in [0.05, 0.1) is 4.90 Å². The molecule has 7 heteroatoms. The van der Waals surface area contributed by atoms with Crippen LogP contribution in [0, 0.1) is 6.92 Å². The van der Waals surface area contributed by atoms with Crippen LogP contribution in [0.25, 0.3) is 0 Å². The maximum Gasteiger partial charge on any atom is 0.250 e. The van der Waals surface area contributed by atoms with E-state index in [0.717, 1.165) is 5.69 Å². The molecule has 1 N–H and O–H groups in total. The maximum absolute atomic E-state index is 12.1. The van der Waals surface area contributed by atoms with Gasteiger partial charge in [0.2, 0.25) is 10.0 Å². The summed E-state index contributed by atoms with van der Waals surface area (Å²) in [6, 6.07) is 11.3. The van der Waals surface area contributed by atoms with E-state index < -0.39 is 10.0 Å². The minimum Gasteiger partial charge on any atom is -0.313 e. The molecule has 0 bridgehead atoms. The van der Waals surface area contributed by atoms with Crippen LogP contribution in [-0.4, -0.2) is 19.5 Å². The number of nitrogens with zero attached hydrogens (tertiary/aromatic N) is 1. The lowest BCUT2D eigenvalue weighted by Gasteiger charge is -2.10. The number of halogens is 1. The summed E-state index contributed by atoms with van der Waals surface area (Å²) >= 11 is 5.81. The van der Waals surface area contributed by atoms with Crippen LogP contribution in [0.3, 0.4) is 0 Å². The first kappa shape index (κ1) is 17.7. The minimum absolute atomic E-state index is 0.0375. The van der Waals surface area contributed by atoms with E-state index in [1.807, 2.05) is 13.0 Å². The van der Waals surface area contributed by atoms with E-state index in [1.165, 1.54) is 18.2 Å². The summed E-state index contributed by atoms with van der Waals surface area (Å²) in [6.45, 7) is 2.77. The molecule has 124 valence electrons. The average Bonchev–Trinajstić information content (AvgIpc) is 2.49. The van der Waals surface area contributed by atoms with E-state index >= 15 is 0 Å². The molecular formula is C16H19ClN2O3S. The zero-order chi connectivity index (χ0) is 16.9. The van der Waals surface area contributed by atoms with Crippen LogP contribution in [0.1, 0.15) is 18.5 Å². The van der Waals surface area contributed by atoms with Crippen molar-refractivity contribution in [3.05, 3.63) is 63.5 Å². The Bertz CT molecular complexity index is 831. The first-order chi connectivity index (χ1) is 10.9. The molecule has 0 saturated heterocycles. The number of hydrogen-bond donors (Lipinski definition) is 1. The summed E-state index contributed by atoms with van der Waals surface area (Å²) in [5.41, 5.74) is 0.863. The first-order valence-electron chi connectivity index (χ1n) is 7.32. The van der Waals surface area contributed by atoms with Crippen LogP contribution in [0.15, 0.2) is 52.2 Å². The van der Waals surface area contributed by atoms with Crippen molar-refractivity contribution in [3.63, 3.8) is 0 Å².